The first-order valence-corrected chi connectivity index (χ1v) is 12.2. The molecule has 3 rings (SSSR count). The van der Waals surface area contributed by atoms with Crippen molar-refractivity contribution in [3.8, 4) is 0 Å². The van der Waals surface area contributed by atoms with Gasteiger partial charge in [-0.05, 0) is 72.1 Å². The minimum atomic E-state index is -0.285. The van der Waals surface area contributed by atoms with Gasteiger partial charge in [-0.25, -0.2) is 4.79 Å². The maximum absolute atomic E-state index is 13.4. The van der Waals surface area contributed by atoms with E-state index in [9.17, 15) is 14.4 Å². The van der Waals surface area contributed by atoms with Crippen LogP contribution >= 0.6 is 0 Å². The zero-order chi connectivity index (χ0) is 24.2. The Hall–Kier alpha value is -2.77. The van der Waals surface area contributed by atoms with E-state index in [0.717, 1.165) is 31.5 Å². The summed E-state index contributed by atoms with van der Waals surface area (Å²) in [6, 6.07) is 5.57. The third-order valence-corrected chi connectivity index (χ3v) is 6.10. The third kappa shape index (κ3) is 6.62. The number of carbonyl (C=O) groups excluding carboxylic acids is 3. The highest BCUT2D eigenvalue weighted by atomic mass is 16.2. The molecule has 33 heavy (non-hydrogen) atoms. The molecule has 8 nitrogen and oxygen atoms in total. The number of anilines is 2. The van der Waals surface area contributed by atoms with Crippen molar-refractivity contribution in [2.75, 3.05) is 49.5 Å². The van der Waals surface area contributed by atoms with Crippen molar-refractivity contribution >= 4 is 29.2 Å². The summed E-state index contributed by atoms with van der Waals surface area (Å²) in [7, 11) is 0. The van der Waals surface area contributed by atoms with E-state index < -0.39 is 0 Å². The number of nitrogens with zero attached hydrogens (tertiary/aromatic N) is 3. The summed E-state index contributed by atoms with van der Waals surface area (Å²) < 4.78 is 0. The fourth-order valence-electron chi connectivity index (χ4n) is 4.09. The standard InChI is InChI=1S/C25H39N5O3/c1-6-28(7-2)23(32)20-17-19(26-22(31)18-9-10-18)11-12-21(20)29-13-8-14-30(16-15-29)24(33)27-25(3,4)5/h11-12,17-18H,6-10,13-16H2,1-5H3,(H,26,31)(H,27,33). The van der Waals surface area contributed by atoms with Crippen molar-refractivity contribution in [3.63, 3.8) is 0 Å². The Morgan fingerprint density at radius 1 is 1.03 bits per heavy atom. The lowest BCUT2D eigenvalue weighted by Crippen LogP contribution is -2.49. The van der Waals surface area contributed by atoms with Gasteiger partial charge in [-0.15, -0.1) is 0 Å². The SMILES string of the molecule is CCN(CC)C(=O)c1cc(NC(=O)C2CC2)ccc1N1CCCN(C(=O)NC(C)(C)C)CC1. The molecule has 1 aromatic rings. The van der Waals surface area contributed by atoms with E-state index in [0.29, 0.717) is 44.0 Å². The van der Waals surface area contributed by atoms with Crippen LogP contribution in [0.15, 0.2) is 18.2 Å². The third-order valence-electron chi connectivity index (χ3n) is 6.10. The average molecular weight is 458 g/mol. The lowest BCUT2D eigenvalue weighted by molar-refractivity contribution is -0.117. The van der Waals surface area contributed by atoms with Crippen LogP contribution < -0.4 is 15.5 Å². The molecule has 8 heteroatoms. The highest BCUT2D eigenvalue weighted by Gasteiger charge is 2.30. The van der Waals surface area contributed by atoms with Crippen LogP contribution in [0.2, 0.25) is 0 Å². The van der Waals surface area contributed by atoms with Gasteiger partial charge >= 0.3 is 6.03 Å². The quantitative estimate of drug-likeness (QED) is 0.684. The Labute approximate surface area is 197 Å². The predicted molar refractivity (Wildman–Crippen MR) is 132 cm³/mol. The Morgan fingerprint density at radius 3 is 2.33 bits per heavy atom. The van der Waals surface area contributed by atoms with Gasteiger partial charge in [-0.2, -0.15) is 0 Å². The lowest BCUT2D eigenvalue weighted by Gasteiger charge is -2.29. The maximum Gasteiger partial charge on any atom is 0.317 e. The van der Waals surface area contributed by atoms with Gasteiger partial charge in [0.1, 0.15) is 0 Å². The predicted octanol–water partition coefficient (Wildman–Crippen LogP) is 3.54. The number of amides is 4. The van der Waals surface area contributed by atoms with Crippen molar-refractivity contribution in [2.24, 2.45) is 5.92 Å². The lowest BCUT2D eigenvalue weighted by atomic mass is 10.1. The second-order valence-electron chi connectivity index (χ2n) is 9.98. The molecule has 1 aromatic carbocycles. The monoisotopic (exact) mass is 457 g/mol. The molecule has 4 amide bonds. The number of nitrogens with one attached hydrogen (secondary N) is 2. The van der Waals surface area contributed by atoms with Crippen LogP contribution in [0.5, 0.6) is 0 Å². The second-order valence-corrected chi connectivity index (χ2v) is 9.98. The van der Waals surface area contributed by atoms with Gasteiger partial charge in [0.15, 0.2) is 0 Å². The van der Waals surface area contributed by atoms with E-state index >= 15 is 0 Å². The summed E-state index contributed by atoms with van der Waals surface area (Å²) >= 11 is 0. The van der Waals surface area contributed by atoms with Crippen LogP contribution in [0.3, 0.4) is 0 Å². The molecular weight excluding hydrogens is 418 g/mol. The Balaban J connectivity index is 1.82. The molecule has 0 unspecified atom stereocenters. The van der Waals surface area contributed by atoms with Gasteiger partial charge in [0, 0.05) is 62.1 Å². The normalized spacial score (nSPS) is 16.8. The van der Waals surface area contributed by atoms with Gasteiger partial charge in [0.2, 0.25) is 5.91 Å². The molecule has 0 aromatic heterocycles. The summed E-state index contributed by atoms with van der Waals surface area (Å²) in [6.07, 6.45) is 2.68. The number of rotatable bonds is 6. The molecule has 1 saturated heterocycles. The van der Waals surface area contributed by atoms with Crippen molar-refractivity contribution in [2.45, 2.75) is 59.4 Å². The smallest absolute Gasteiger partial charge is 0.317 e. The summed E-state index contributed by atoms with van der Waals surface area (Å²) in [5.74, 6) is 0.0887. The van der Waals surface area contributed by atoms with Crippen LogP contribution in [0.1, 0.15) is 64.2 Å². The Morgan fingerprint density at radius 2 is 1.73 bits per heavy atom. The molecule has 1 aliphatic heterocycles. The number of hydrogen-bond donors (Lipinski definition) is 2. The van der Waals surface area contributed by atoms with Gasteiger partial charge in [0.25, 0.3) is 5.91 Å². The van der Waals surface area contributed by atoms with Crippen LogP contribution in [0.4, 0.5) is 16.2 Å². The van der Waals surface area contributed by atoms with Crippen LogP contribution in [-0.2, 0) is 4.79 Å². The maximum atomic E-state index is 13.4. The van der Waals surface area contributed by atoms with Crippen molar-refractivity contribution in [3.05, 3.63) is 23.8 Å². The minimum Gasteiger partial charge on any atom is -0.369 e. The number of benzene rings is 1. The molecule has 2 fully saturated rings. The van der Waals surface area contributed by atoms with E-state index in [2.05, 4.69) is 15.5 Å². The summed E-state index contributed by atoms with van der Waals surface area (Å²) in [4.78, 5) is 44.1. The molecule has 2 N–H and O–H groups in total. The van der Waals surface area contributed by atoms with Crippen LogP contribution in [-0.4, -0.2) is 72.5 Å². The van der Waals surface area contributed by atoms with Crippen molar-refractivity contribution in [1.29, 1.82) is 0 Å². The molecule has 0 atom stereocenters. The molecule has 1 aliphatic carbocycles. The van der Waals surface area contributed by atoms with Gasteiger partial charge in [-0.3, -0.25) is 9.59 Å². The first-order chi connectivity index (χ1) is 15.6. The molecule has 1 heterocycles. The minimum absolute atomic E-state index is 0.0271. The Kier molecular flexibility index (Phi) is 7.87. The summed E-state index contributed by atoms with van der Waals surface area (Å²) in [6.45, 7) is 13.8. The van der Waals surface area contributed by atoms with Crippen LogP contribution in [0, 0.1) is 5.92 Å². The van der Waals surface area contributed by atoms with E-state index in [1.54, 1.807) is 4.90 Å². The summed E-state index contributed by atoms with van der Waals surface area (Å²) in [5, 5.41) is 6.01. The highest BCUT2D eigenvalue weighted by molar-refractivity contribution is 6.02. The largest absolute Gasteiger partial charge is 0.369 e. The first kappa shape index (κ1) is 24.9. The van der Waals surface area contributed by atoms with Crippen LogP contribution in [0.25, 0.3) is 0 Å². The van der Waals surface area contributed by atoms with Crippen molar-refractivity contribution < 1.29 is 14.4 Å². The first-order valence-electron chi connectivity index (χ1n) is 12.2. The van der Waals surface area contributed by atoms with Gasteiger partial charge < -0.3 is 25.3 Å². The molecule has 182 valence electrons. The Bertz CT molecular complexity index is 871. The fourth-order valence-corrected chi connectivity index (χ4v) is 4.09. The number of hydrogen-bond acceptors (Lipinski definition) is 4. The zero-order valence-corrected chi connectivity index (χ0v) is 20.7. The van der Waals surface area contributed by atoms with E-state index in [4.69, 9.17) is 0 Å². The second kappa shape index (κ2) is 10.4. The molecule has 2 aliphatic rings. The molecular formula is C25H39N5O3. The highest BCUT2D eigenvalue weighted by Crippen LogP contribution is 2.32. The molecule has 0 spiro atoms. The van der Waals surface area contributed by atoms with Gasteiger partial charge in [0.05, 0.1) is 5.56 Å². The molecule has 0 bridgehead atoms. The fraction of sp³-hybridized carbons (Fsp3) is 0.640. The van der Waals surface area contributed by atoms with E-state index in [-0.39, 0.29) is 29.3 Å². The van der Waals surface area contributed by atoms with E-state index in [1.807, 2.05) is 57.7 Å². The zero-order valence-electron chi connectivity index (χ0n) is 20.7. The topological polar surface area (TPSA) is 85.0 Å². The van der Waals surface area contributed by atoms with Gasteiger partial charge in [-0.1, -0.05) is 0 Å². The van der Waals surface area contributed by atoms with Crippen molar-refractivity contribution in [1.82, 2.24) is 15.1 Å². The summed E-state index contributed by atoms with van der Waals surface area (Å²) in [5.41, 5.74) is 1.83. The van der Waals surface area contributed by atoms with E-state index in [1.165, 1.54) is 0 Å². The average Bonchev–Trinajstić information content (AvgIpc) is 3.60. The molecule has 1 saturated carbocycles. The number of carbonyl (C=O) groups is 3. The molecule has 0 radical (unpaired) electrons. The number of urea groups is 1.